The fourth-order valence-corrected chi connectivity index (χ4v) is 3.63. The number of nitrogen functional groups attached to an aromatic ring is 1. The van der Waals surface area contributed by atoms with Crippen LogP contribution in [0.15, 0.2) is 47.6 Å². The van der Waals surface area contributed by atoms with Crippen LogP contribution in [0.1, 0.15) is 25.3 Å². The highest BCUT2D eigenvalue weighted by Crippen LogP contribution is 2.32. The molecule has 30 heavy (non-hydrogen) atoms. The van der Waals surface area contributed by atoms with Crippen LogP contribution in [-0.2, 0) is 4.79 Å². The predicted octanol–water partition coefficient (Wildman–Crippen LogP) is 3.53. The molecule has 1 aromatic heterocycles. The number of thioether (sulfide) groups is 1. The van der Waals surface area contributed by atoms with Crippen LogP contribution in [0.25, 0.3) is 11.4 Å². The number of rotatable bonds is 8. The van der Waals surface area contributed by atoms with Crippen LogP contribution >= 0.6 is 11.8 Å². The van der Waals surface area contributed by atoms with Crippen molar-refractivity contribution in [2.45, 2.75) is 24.9 Å². The first-order valence-corrected chi connectivity index (χ1v) is 10.4. The summed E-state index contributed by atoms with van der Waals surface area (Å²) in [5.41, 5.74) is 2.64. The van der Waals surface area contributed by atoms with Crippen LogP contribution in [-0.4, -0.2) is 40.8 Å². The van der Waals surface area contributed by atoms with E-state index in [9.17, 15) is 4.79 Å². The molecule has 0 saturated carbocycles. The molecule has 1 heterocycles. The Morgan fingerprint density at radius 2 is 1.87 bits per heavy atom. The van der Waals surface area contributed by atoms with Crippen molar-refractivity contribution < 1.29 is 14.3 Å². The topological polar surface area (TPSA) is 104 Å². The largest absolute Gasteiger partial charge is 0.493 e. The minimum Gasteiger partial charge on any atom is -0.493 e. The van der Waals surface area contributed by atoms with E-state index in [0.717, 1.165) is 16.8 Å². The van der Waals surface area contributed by atoms with Crippen LogP contribution in [0.5, 0.6) is 11.5 Å². The van der Waals surface area contributed by atoms with Gasteiger partial charge in [0.25, 0.3) is 0 Å². The molecule has 8 nitrogen and oxygen atoms in total. The van der Waals surface area contributed by atoms with Gasteiger partial charge in [0.05, 0.1) is 20.0 Å². The van der Waals surface area contributed by atoms with Gasteiger partial charge in [-0.3, -0.25) is 4.79 Å². The third-order valence-electron chi connectivity index (χ3n) is 4.50. The first-order chi connectivity index (χ1) is 14.4. The molecule has 0 bridgehead atoms. The van der Waals surface area contributed by atoms with Gasteiger partial charge in [0.15, 0.2) is 17.3 Å². The van der Waals surface area contributed by atoms with E-state index in [2.05, 4.69) is 29.4 Å². The lowest BCUT2D eigenvalue weighted by molar-refractivity contribution is -0.113. The van der Waals surface area contributed by atoms with E-state index in [4.69, 9.17) is 15.3 Å². The van der Waals surface area contributed by atoms with Crippen molar-refractivity contribution in [3.05, 3.63) is 48.0 Å². The zero-order valence-corrected chi connectivity index (χ0v) is 18.2. The highest BCUT2D eigenvalue weighted by molar-refractivity contribution is 7.99. The molecule has 1 amide bonds. The number of nitrogens with one attached hydrogen (secondary N) is 1. The van der Waals surface area contributed by atoms with E-state index < -0.39 is 0 Å². The van der Waals surface area contributed by atoms with E-state index in [-0.39, 0.29) is 11.7 Å². The highest BCUT2D eigenvalue weighted by atomic mass is 32.2. The van der Waals surface area contributed by atoms with Gasteiger partial charge in [0.2, 0.25) is 11.1 Å². The Labute approximate surface area is 179 Å². The van der Waals surface area contributed by atoms with Gasteiger partial charge in [-0.1, -0.05) is 43.8 Å². The number of hydrogen-bond acceptors (Lipinski definition) is 7. The Bertz CT molecular complexity index is 1040. The van der Waals surface area contributed by atoms with Crippen molar-refractivity contribution in [2.75, 3.05) is 31.1 Å². The molecule has 0 saturated heterocycles. The zero-order chi connectivity index (χ0) is 21.7. The molecule has 0 spiro atoms. The summed E-state index contributed by atoms with van der Waals surface area (Å²) in [6.45, 7) is 4.18. The molecule has 0 aliphatic heterocycles. The predicted molar refractivity (Wildman–Crippen MR) is 119 cm³/mol. The number of carbonyl (C=O) groups is 1. The number of para-hydroxylation sites is 1. The van der Waals surface area contributed by atoms with Gasteiger partial charge in [-0.25, -0.2) is 4.68 Å². The first kappa shape index (κ1) is 21.5. The Hall–Kier alpha value is -3.20. The lowest BCUT2D eigenvalue weighted by Crippen LogP contribution is -2.17. The molecule has 9 heteroatoms. The molecule has 0 radical (unpaired) electrons. The smallest absolute Gasteiger partial charge is 0.234 e. The van der Waals surface area contributed by atoms with Gasteiger partial charge in [-0.15, -0.1) is 10.2 Å². The van der Waals surface area contributed by atoms with E-state index in [1.54, 1.807) is 26.4 Å². The molecule has 3 aromatic rings. The lowest BCUT2D eigenvalue weighted by Gasteiger charge is -2.13. The summed E-state index contributed by atoms with van der Waals surface area (Å²) >= 11 is 1.22. The zero-order valence-electron chi connectivity index (χ0n) is 17.4. The maximum atomic E-state index is 12.4. The molecule has 158 valence electrons. The number of anilines is 1. The average molecular weight is 428 g/mol. The normalized spacial score (nSPS) is 10.8. The molecule has 0 unspecified atom stereocenters. The maximum absolute atomic E-state index is 12.4. The maximum Gasteiger partial charge on any atom is 0.234 e. The molecule has 0 aliphatic rings. The summed E-state index contributed by atoms with van der Waals surface area (Å²) in [5, 5.41) is 11.7. The number of amides is 1. The van der Waals surface area contributed by atoms with Gasteiger partial charge < -0.3 is 20.6 Å². The summed E-state index contributed by atoms with van der Waals surface area (Å²) in [4.78, 5) is 12.4. The molecule has 3 rings (SSSR count). The molecule has 2 aromatic carbocycles. The van der Waals surface area contributed by atoms with E-state index in [0.29, 0.717) is 28.4 Å². The first-order valence-electron chi connectivity index (χ1n) is 9.39. The summed E-state index contributed by atoms with van der Waals surface area (Å²) in [6.07, 6.45) is 0. The minimum atomic E-state index is -0.135. The number of nitrogens with two attached hydrogens (primary N) is 1. The summed E-state index contributed by atoms with van der Waals surface area (Å²) in [7, 11) is 3.13. The second kappa shape index (κ2) is 9.53. The third-order valence-corrected chi connectivity index (χ3v) is 5.44. The summed E-state index contributed by atoms with van der Waals surface area (Å²) in [5.74, 6) is 8.14. The van der Waals surface area contributed by atoms with Crippen molar-refractivity contribution in [2.24, 2.45) is 0 Å². The third kappa shape index (κ3) is 4.68. The number of aromatic nitrogens is 3. The second-order valence-corrected chi connectivity index (χ2v) is 7.77. The van der Waals surface area contributed by atoms with E-state index in [1.807, 2.05) is 30.3 Å². The number of hydrogen-bond donors (Lipinski definition) is 2. The van der Waals surface area contributed by atoms with Crippen molar-refractivity contribution in [3.63, 3.8) is 0 Å². The number of methoxy groups -OCH3 is 2. The van der Waals surface area contributed by atoms with Crippen molar-refractivity contribution in [1.82, 2.24) is 14.9 Å². The van der Waals surface area contributed by atoms with Crippen molar-refractivity contribution in [3.8, 4) is 22.9 Å². The van der Waals surface area contributed by atoms with Gasteiger partial charge in [-0.2, -0.15) is 0 Å². The minimum absolute atomic E-state index is 0.135. The molecular weight excluding hydrogens is 402 g/mol. The monoisotopic (exact) mass is 427 g/mol. The van der Waals surface area contributed by atoms with Crippen LogP contribution in [0.4, 0.5) is 5.69 Å². The van der Waals surface area contributed by atoms with Crippen LogP contribution in [0.2, 0.25) is 0 Å². The molecule has 0 aliphatic carbocycles. The van der Waals surface area contributed by atoms with E-state index >= 15 is 0 Å². The molecule has 0 atom stereocenters. The second-order valence-electron chi connectivity index (χ2n) is 6.82. The van der Waals surface area contributed by atoms with Crippen LogP contribution < -0.4 is 20.6 Å². The Morgan fingerprint density at radius 1 is 1.13 bits per heavy atom. The number of benzene rings is 2. The van der Waals surface area contributed by atoms with Gasteiger partial charge in [0, 0.05) is 11.3 Å². The standard InChI is InChI=1S/C21H25N5O3S/c1-13(2)15-7-5-6-8-16(15)23-19(27)12-30-21-25-24-20(26(21)22)14-9-10-17(28-3)18(11-14)29-4/h5-11,13H,12,22H2,1-4H3,(H,23,27). The Kier molecular flexibility index (Phi) is 6.83. The summed E-state index contributed by atoms with van der Waals surface area (Å²) < 4.78 is 11.9. The Morgan fingerprint density at radius 3 is 2.57 bits per heavy atom. The number of nitrogens with zero attached hydrogens (tertiary/aromatic N) is 3. The molecule has 3 N–H and O–H groups in total. The quantitative estimate of drug-likeness (QED) is 0.418. The van der Waals surface area contributed by atoms with Crippen LogP contribution in [0.3, 0.4) is 0 Å². The van der Waals surface area contributed by atoms with E-state index in [1.165, 1.54) is 16.4 Å². The highest BCUT2D eigenvalue weighted by Gasteiger charge is 2.16. The van der Waals surface area contributed by atoms with Crippen molar-refractivity contribution in [1.29, 1.82) is 0 Å². The number of ether oxygens (including phenoxy) is 2. The fraction of sp³-hybridized carbons (Fsp3) is 0.286. The van der Waals surface area contributed by atoms with Gasteiger partial charge >= 0.3 is 0 Å². The fourth-order valence-electron chi connectivity index (χ4n) is 2.98. The van der Waals surface area contributed by atoms with Gasteiger partial charge in [-0.05, 0) is 35.7 Å². The SMILES string of the molecule is COc1ccc(-c2nnc(SCC(=O)Nc3ccccc3C(C)C)n2N)cc1OC. The average Bonchev–Trinajstić information content (AvgIpc) is 3.12. The van der Waals surface area contributed by atoms with Crippen LogP contribution in [0, 0.1) is 0 Å². The van der Waals surface area contributed by atoms with Gasteiger partial charge in [0.1, 0.15) is 0 Å². The van der Waals surface area contributed by atoms with Crippen molar-refractivity contribution >= 4 is 23.4 Å². The Balaban J connectivity index is 1.69. The molecule has 0 fully saturated rings. The molecular formula is C21H25N5O3S. The number of carbonyl (C=O) groups excluding carboxylic acids is 1. The lowest BCUT2D eigenvalue weighted by atomic mass is 10.0. The summed E-state index contributed by atoms with van der Waals surface area (Å²) in [6, 6.07) is 13.1.